The fraction of sp³-hybridized carbons (Fsp3) is 0.846. The molecule has 0 aromatic rings. The highest BCUT2D eigenvalue weighted by Crippen LogP contribution is 2.42. The van der Waals surface area contributed by atoms with E-state index in [0.717, 1.165) is 37.8 Å². The number of hydrogen-bond acceptors (Lipinski definition) is 3. The van der Waals surface area contributed by atoms with E-state index in [-0.39, 0.29) is 11.6 Å². The third-order valence-electron chi connectivity index (χ3n) is 3.55. The molecule has 2 saturated heterocycles. The molecule has 17 heavy (non-hydrogen) atoms. The molecule has 0 saturated carbocycles. The average molecular weight is 245 g/mol. The molecule has 2 aliphatic heterocycles. The molecule has 0 aromatic heterocycles. The fourth-order valence-corrected chi connectivity index (χ4v) is 2.90. The zero-order valence-electron chi connectivity index (χ0n) is 11.3. The van der Waals surface area contributed by atoms with Crippen molar-refractivity contribution in [1.82, 2.24) is 4.90 Å². The zero-order chi connectivity index (χ0) is 12.9. The van der Waals surface area contributed by atoms with Crippen molar-refractivity contribution >= 4 is 0 Å². The first-order valence-electron chi connectivity index (χ1n) is 6.29. The molecule has 0 bridgehead atoms. The highest BCUT2D eigenvalue weighted by molar-refractivity contribution is 5.20. The van der Waals surface area contributed by atoms with E-state index in [9.17, 15) is 4.39 Å². The highest BCUT2D eigenvalue weighted by Gasteiger charge is 2.50. The van der Waals surface area contributed by atoms with Crippen LogP contribution in [0, 0.1) is 0 Å². The first kappa shape index (κ1) is 14.6. The van der Waals surface area contributed by atoms with Gasteiger partial charge in [-0.25, -0.2) is 4.39 Å². The van der Waals surface area contributed by atoms with E-state index in [1.165, 1.54) is 0 Å². The van der Waals surface area contributed by atoms with Crippen molar-refractivity contribution in [3.8, 4) is 0 Å². The molecular weight excluding hydrogens is 221 g/mol. The Hall–Kier alpha value is -0.450. The van der Waals surface area contributed by atoms with Crippen LogP contribution in [-0.4, -0.2) is 50.5 Å². The average Bonchev–Trinajstić information content (AvgIpc) is 2.84. The summed E-state index contributed by atoms with van der Waals surface area (Å²) in [6.45, 7) is 6.26. The Balaban J connectivity index is 0.000000686. The zero-order valence-corrected chi connectivity index (χ0v) is 11.3. The number of hydrogen-bond donors (Lipinski definition) is 0. The van der Waals surface area contributed by atoms with Gasteiger partial charge in [0.25, 0.3) is 0 Å². The molecule has 4 heteroatoms. The molecule has 2 unspecified atom stereocenters. The van der Waals surface area contributed by atoms with Crippen molar-refractivity contribution in [1.29, 1.82) is 0 Å². The van der Waals surface area contributed by atoms with Crippen molar-refractivity contribution < 1.29 is 13.9 Å². The molecule has 0 N–H and O–H groups in total. The van der Waals surface area contributed by atoms with Gasteiger partial charge in [0.2, 0.25) is 0 Å². The minimum Gasteiger partial charge on any atom is -0.383 e. The second-order valence-corrected chi connectivity index (χ2v) is 4.54. The van der Waals surface area contributed by atoms with E-state index in [0.29, 0.717) is 6.61 Å². The van der Waals surface area contributed by atoms with Crippen LogP contribution in [0.4, 0.5) is 4.39 Å². The minimum absolute atomic E-state index is 0.0205. The van der Waals surface area contributed by atoms with Crippen molar-refractivity contribution in [2.24, 2.45) is 0 Å². The lowest BCUT2D eigenvalue weighted by Gasteiger charge is -2.30. The maximum atomic E-state index is 12.5. The van der Waals surface area contributed by atoms with Gasteiger partial charge in [-0.05, 0) is 18.4 Å². The third kappa shape index (κ3) is 2.87. The first-order chi connectivity index (χ1) is 8.24. The van der Waals surface area contributed by atoms with E-state index in [1.807, 2.05) is 13.8 Å². The van der Waals surface area contributed by atoms with Gasteiger partial charge >= 0.3 is 0 Å². The normalized spacial score (nSPS) is 34.6. The Labute approximate surface area is 104 Å². The Morgan fingerprint density at radius 3 is 2.71 bits per heavy atom. The van der Waals surface area contributed by atoms with Gasteiger partial charge in [0.1, 0.15) is 0 Å². The topological polar surface area (TPSA) is 21.7 Å². The number of halogens is 1. The van der Waals surface area contributed by atoms with E-state index in [1.54, 1.807) is 14.2 Å². The van der Waals surface area contributed by atoms with E-state index >= 15 is 0 Å². The smallest absolute Gasteiger partial charge is 0.0872 e. The van der Waals surface area contributed by atoms with Crippen LogP contribution in [0.3, 0.4) is 0 Å². The molecule has 0 spiro atoms. The number of methoxy groups -OCH3 is 2. The number of nitrogens with zero attached hydrogens (tertiary/aromatic N) is 1. The van der Waals surface area contributed by atoms with E-state index < -0.39 is 0 Å². The van der Waals surface area contributed by atoms with Crippen molar-refractivity contribution in [3.63, 3.8) is 0 Å². The molecule has 2 rings (SSSR count). The van der Waals surface area contributed by atoms with E-state index in [2.05, 4.69) is 4.90 Å². The fourth-order valence-electron chi connectivity index (χ4n) is 2.90. The van der Waals surface area contributed by atoms with Crippen LogP contribution in [0.5, 0.6) is 0 Å². The highest BCUT2D eigenvalue weighted by atomic mass is 19.1. The summed E-state index contributed by atoms with van der Waals surface area (Å²) in [7, 11) is 3.43. The molecule has 2 fully saturated rings. The molecular formula is C13H24FNO2. The summed E-state index contributed by atoms with van der Waals surface area (Å²) in [5, 5.41) is 0. The molecule has 0 aromatic carbocycles. The number of fused-ring (bicyclic) bond motifs is 1. The van der Waals surface area contributed by atoms with Gasteiger partial charge in [0.15, 0.2) is 0 Å². The van der Waals surface area contributed by atoms with Gasteiger partial charge in [-0.15, -0.1) is 0 Å². The third-order valence-corrected chi connectivity index (χ3v) is 3.55. The minimum atomic E-state index is -0.0205. The van der Waals surface area contributed by atoms with Crippen LogP contribution in [0.15, 0.2) is 11.9 Å². The largest absolute Gasteiger partial charge is 0.383 e. The maximum absolute atomic E-state index is 12.5. The Kier molecular flexibility index (Phi) is 5.56. The van der Waals surface area contributed by atoms with Crippen molar-refractivity contribution in [2.45, 2.75) is 38.3 Å². The molecule has 2 aliphatic rings. The molecule has 0 aliphatic carbocycles. The van der Waals surface area contributed by atoms with Gasteiger partial charge in [-0.1, -0.05) is 13.8 Å². The van der Waals surface area contributed by atoms with Gasteiger partial charge in [0, 0.05) is 27.3 Å². The van der Waals surface area contributed by atoms with Crippen molar-refractivity contribution in [2.75, 3.05) is 33.9 Å². The second-order valence-electron chi connectivity index (χ2n) is 4.54. The summed E-state index contributed by atoms with van der Waals surface area (Å²) in [6, 6.07) is 0. The second kappa shape index (κ2) is 6.47. The first-order valence-corrected chi connectivity index (χ1v) is 6.29. The van der Waals surface area contributed by atoms with Crippen LogP contribution in [0.1, 0.15) is 26.7 Å². The molecule has 3 nitrogen and oxygen atoms in total. The molecule has 100 valence electrons. The maximum Gasteiger partial charge on any atom is 0.0872 e. The Bertz CT molecular complexity index is 270. The van der Waals surface area contributed by atoms with Crippen LogP contribution in [0.2, 0.25) is 0 Å². The predicted molar refractivity (Wildman–Crippen MR) is 66.8 cm³/mol. The lowest BCUT2D eigenvalue weighted by Crippen LogP contribution is -2.42. The monoisotopic (exact) mass is 245 g/mol. The summed E-state index contributed by atoms with van der Waals surface area (Å²) in [4.78, 5) is 2.29. The lowest BCUT2D eigenvalue weighted by molar-refractivity contribution is 0.0635. The van der Waals surface area contributed by atoms with Gasteiger partial charge in [-0.3, -0.25) is 4.90 Å². The lowest BCUT2D eigenvalue weighted by atomic mass is 9.93. The predicted octanol–water partition coefficient (Wildman–Crippen LogP) is 2.38. The summed E-state index contributed by atoms with van der Waals surface area (Å²) in [5.74, 6) is 0. The molecule has 0 radical (unpaired) electrons. The summed E-state index contributed by atoms with van der Waals surface area (Å²) in [5.41, 5.74) is 0.856. The molecule has 2 heterocycles. The summed E-state index contributed by atoms with van der Waals surface area (Å²) >= 11 is 0. The van der Waals surface area contributed by atoms with Gasteiger partial charge in [0.05, 0.1) is 24.6 Å². The number of rotatable bonds is 3. The van der Waals surface area contributed by atoms with Gasteiger partial charge in [-0.2, -0.15) is 0 Å². The standard InChI is InChI=1S/C11H18FNO2.C2H6/c1-14-8-11-3-9(5-12)6-13(11)7-10(4-11)15-2;1-2/h5,10H,3-4,6-8H2,1-2H3;1-2H3/b9-5+;. The van der Waals surface area contributed by atoms with Crippen LogP contribution in [0.25, 0.3) is 0 Å². The van der Waals surface area contributed by atoms with Crippen molar-refractivity contribution in [3.05, 3.63) is 11.9 Å². The number of ether oxygens (including phenoxy) is 2. The molecule has 0 amide bonds. The molecule has 2 atom stereocenters. The Morgan fingerprint density at radius 1 is 1.47 bits per heavy atom. The SMILES string of the molecule is CC.COCC12C/C(=C\F)CN1CC(OC)C2. The summed E-state index contributed by atoms with van der Waals surface area (Å²) < 4.78 is 23.2. The quantitative estimate of drug-likeness (QED) is 0.762. The van der Waals surface area contributed by atoms with Crippen LogP contribution >= 0.6 is 0 Å². The summed E-state index contributed by atoms with van der Waals surface area (Å²) in [6.07, 6.45) is 2.73. The Morgan fingerprint density at radius 2 is 2.18 bits per heavy atom. The van der Waals surface area contributed by atoms with Gasteiger partial charge < -0.3 is 9.47 Å². The van der Waals surface area contributed by atoms with E-state index in [4.69, 9.17) is 9.47 Å². The van der Waals surface area contributed by atoms with Crippen LogP contribution in [-0.2, 0) is 9.47 Å². The van der Waals surface area contributed by atoms with Crippen LogP contribution < -0.4 is 0 Å².